The molecule has 0 aromatic heterocycles. The first-order valence-corrected chi connectivity index (χ1v) is 12.1. The number of fused-ring (bicyclic) bond motifs is 1. The molecule has 30 heavy (non-hydrogen) atoms. The second kappa shape index (κ2) is 6.87. The number of nitrogens with zero attached hydrogens (tertiary/aromatic N) is 2. The molecule has 3 aliphatic rings. The smallest absolute Gasteiger partial charge is 0.180 e. The summed E-state index contributed by atoms with van der Waals surface area (Å²) in [6.07, 6.45) is 3.25. The largest absolute Gasteiger partial charge is 0.362 e. The van der Waals surface area contributed by atoms with E-state index >= 15 is 0 Å². The highest BCUT2D eigenvalue weighted by atomic mass is 32.2. The van der Waals surface area contributed by atoms with E-state index in [1.807, 2.05) is 13.0 Å². The van der Waals surface area contributed by atoms with Gasteiger partial charge in [0.1, 0.15) is 0 Å². The zero-order chi connectivity index (χ0) is 21.9. The summed E-state index contributed by atoms with van der Waals surface area (Å²) in [5.74, 6) is 0.110. The van der Waals surface area contributed by atoms with E-state index in [-0.39, 0.29) is 22.3 Å². The molecular formula is C23H29N3O3S. The zero-order valence-corrected chi connectivity index (χ0v) is 19.0. The number of benzene rings is 1. The number of sulfone groups is 1. The van der Waals surface area contributed by atoms with Gasteiger partial charge in [-0.2, -0.15) is 10.2 Å². The Hall–Kier alpha value is -2.28. The highest BCUT2D eigenvalue weighted by Crippen LogP contribution is 2.53. The van der Waals surface area contributed by atoms with Crippen LogP contribution in [0.4, 0.5) is 0 Å². The summed E-state index contributed by atoms with van der Waals surface area (Å²) in [5.41, 5.74) is 2.53. The summed E-state index contributed by atoms with van der Waals surface area (Å²) >= 11 is 0. The Balaban J connectivity index is 1.99. The maximum Gasteiger partial charge on any atom is 0.180 e. The maximum atomic E-state index is 13.5. The lowest BCUT2D eigenvalue weighted by atomic mass is 9.59. The molecule has 0 fully saturated rings. The molecule has 0 amide bonds. The van der Waals surface area contributed by atoms with Gasteiger partial charge in [0.2, 0.25) is 0 Å². The van der Waals surface area contributed by atoms with E-state index < -0.39 is 20.5 Å². The number of rotatable bonds is 4. The van der Waals surface area contributed by atoms with Crippen molar-refractivity contribution < 1.29 is 13.2 Å². The topological polar surface area (TPSA) is 88.0 Å². The van der Waals surface area contributed by atoms with Gasteiger partial charge in [0.05, 0.1) is 21.8 Å². The van der Waals surface area contributed by atoms with E-state index in [1.54, 1.807) is 38.2 Å². The van der Waals surface area contributed by atoms with Gasteiger partial charge in [-0.1, -0.05) is 32.9 Å². The summed E-state index contributed by atoms with van der Waals surface area (Å²) in [7, 11) is -3.44. The summed E-state index contributed by atoms with van der Waals surface area (Å²) in [4.78, 5) is 13.8. The number of hydrogen-bond acceptors (Lipinski definition) is 6. The van der Waals surface area contributed by atoms with Crippen molar-refractivity contribution in [1.29, 1.82) is 0 Å². The van der Waals surface area contributed by atoms with Crippen molar-refractivity contribution in [3.05, 3.63) is 52.9 Å². The number of Topliss-reactive ketones (excluding diaryl/α,β-unsaturated/α-hetero) is 1. The molecule has 0 saturated carbocycles. The number of allylic oxidation sites excluding steroid dienone is 2. The Labute approximate surface area is 178 Å². The molecule has 1 N–H and O–H groups in total. The SMILES string of the molecule is CC[C@]1(c2cccc(S(=O)(=O)C(C)C)c2)C2=CN=NC2NC2=C1C(=O)CC(C)(C)C2. The minimum absolute atomic E-state index is 0.110. The van der Waals surface area contributed by atoms with E-state index in [9.17, 15) is 13.2 Å². The van der Waals surface area contributed by atoms with Crippen LogP contribution >= 0.6 is 0 Å². The molecule has 1 unspecified atom stereocenters. The van der Waals surface area contributed by atoms with Gasteiger partial charge in [-0.15, -0.1) is 0 Å². The fourth-order valence-corrected chi connectivity index (χ4v) is 6.20. The summed E-state index contributed by atoms with van der Waals surface area (Å²) < 4.78 is 25.8. The normalized spacial score (nSPS) is 27.6. The maximum absolute atomic E-state index is 13.5. The molecule has 2 heterocycles. The highest BCUT2D eigenvalue weighted by molar-refractivity contribution is 7.92. The molecule has 2 aliphatic heterocycles. The minimum atomic E-state index is -3.44. The number of hydrogen-bond donors (Lipinski definition) is 1. The molecule has 0 bridgehead atoms. The molecule has 0 saturated heterocycles. The van der Waals surface area contributed by atoms with E-state index in [2.05, 4.69) is 29.4 Å². The van der Waals surface area contributed by atoms with E-state index in [0.29, 0.717) is 12.8 Å². The summed E-state index contributed by atoms with van der Waals surface area (Å²) in [5, 5.41) is 11.4. The van der Waals surface area contributed by atoms with Crippen LogP contribution < -0.4 is 5.32 Å². The van der Waals surface area contributed by atoms with Gasteiger partial charge in [-0.05, 0) is 49.8 Å². The Bertz CT molecular complexity index is 1110. The first kappa shape index (κ1) is 21.0. The van der Waals surface area contributed by atoms with Crippen molar-refractivity contribution in [3.8, 4) is 0 Å². The van der Waals surface area contributed by atoms with Gasteiger partial charge in [0.15, 0.2) is 21.8 Å². The molecule has 2 atom stereocenters. The Kier molecular flexibility index (Phi) is 4.80. The predicted molar refractivity (Wildman–Crippen MR) is 116 cm³/mol. The van der Waals surface area contributed by atoms with Crippen LogP contribution in [0.2, 0.25) is 0 Å². The summed E-state index contributed by atoms with van der Waals surface area (Å²) in [6, 6.07) is 7.10. The van der Waals surface area contributed by atoms with Crippen molar-refractivity contribution in [1.82, 2.24) is 5.32 Å². The van der Waals surface area contributed by atoms with Crippen LogP contribution in [0.25, 0.3) is 0 Å². The molecule has 4 rings (SSSR count). The number of nitrogens with one attached hydrogen (secondary N) is 1. The Morgan fingerprint density at radius 3 is 2.63 bits per heavy atom. The summed E-state index contributed by atoms with van der Waals surface area (Å²) in [6.45, 7) is 9.61. The van der Waals surface area contributed by atoms with Gasteiger partial charge in [0, 0.05) is 23.3 Å². The Morgan fingerprint density at radius 2 is 1.97 bits per heavy atom. The highest BCUT2D eigenvalue weighted by Gasteiger charge is 2.53. The molecule has 0 spiro atoms. The van der Waals surface area contributed by atoms with E-state index in [0.717, 1.165) is 28.8 Å². The lowest BCUT2D eigenvalue weighted by Gasteiger charge is -2.47. The van der Waals surface area contributed by atoms with Gasteiger partial charge in [0.25, 0.3) is 0 Å². The van der Waals surface area contributed by atoms with Crippen molar-refractivity contribution >= 4 is 15.6 Å². The quantitative estimate of drug-likeness (QED) is 0.769. The van der Waals surface area contributed by atoms with Gasteiger partial charge >= 0.3 is 0 Å². The second-order valence-electron chi connectivity index (χ2n) is 9.54. The van der Waals surface area contributed by atoms with E-state index in [4.69, 9.17) is 0 Å². The van der Waals surface area contributed by atoms with Crippen molar-refractivity contribution in [2.24, 2.45) is 15.6 Å². The molecule has 1 aliphatic carbocycles. The van der Waals surface area contributed by atoms with Crippen molar-refractivity contribution in [2.45, 2.75) is 75.6 Å². The van der Waals surface area contributed by atoms with Crippen LogP contribution in [0.3, 0.4) is 0 Å². The number of ketones is 1. The van der Waals surface area contributed by atoms with Gasteiger partial charge in [-0.3, -0.25) is 4.79 Å². The third kappa shape index (κ3) is 2.97. The monoisotopic (exact) mass is 427 g/mol. The van der Waals surface area contributed by atoms with Crippen LogP contribution in [0, 0.1) is 5.41 Å². The molecule has 1 aromatic rings. The van der Waals surface area contributed by atoms with Crippen molar-refractivity contribution in [2.75, 3.05) is 0 Å². The van der Waals surface area contributed by atoms with Crippen LogP contribution in [0.1, 0.15) is 59.4 Å². The fourth-order valence-electron chi connectivity index (χ4n) is 5.10. The van der Waals surface area contributed by atoms with Crippen LogP contribution in [-0.4, -0.2) is 25.6 Å². The fraction of sp³-hybridized carbons (Fsp3) is 0.522. The van der Waals surface area contributed by atoms with E-state index in [1.165, 1.54) is 0 Å². The van der Waals surface area contributed by atoms with Gasteiger partial charge in [-0.25, -0.2) is 8.42 Å². The lowest BCUT2D eigenvalue weighted by molar-refractivity contribution is -0.119. The van der Waals surface area contributed by atoms with Crippen LogP contribution in [0.15, 0.2) is 62.4 Å². The predicted octanol–water partition coefficient (Wildman–Crippen LogP) is 4.44. The lowest BCUT2D eigenvalue weighted by Crippen LogP contribution is -2.51. The number of carbonyl (C=O) groups excluding carboxylic acids is 1. The molecule has 1 aromatic carbocycles. The average Bonchev–Trinajstić information content (AvgIpc) is 3.14. The minimum Gasteiger partial charge on any atom is -0.362 e. The molecule has 160 valence electrons. The van der Waals surface area contributed by atoms with Gasteiger partial charge < -0.3 is 5.32 Å². The molecule has 0 radical (unpaired) electrons. The molecular weight excluding hydrogens is 398 g/mol. The first-order valence-electron chi connectivity index (χ1n) is 10.5. The Morgan fingerprint density at radius 1 is 1.23 bits per heavy atom. The first-order chi connectivity index (χ1) is 14.0. The zero-order valence-electron chi connectivity index (χ0n) is 18.2. The third-order valence-electron chi connectivity index (χ3n) is 6.59. The molecule has 7 heteroatoms. The van der Waals surface area contributed by atoms with Crippen LogP contribution in [-0.2, 0) is 20.0 Å². The number of azo groups is 1. The van der Waals surface area contributed by atoms with Crippen molar-refractivity contribution in [3.63, 3.8) is 0 Å². The number of carbonyl (C=O) groups is 1. The third-order valence-corrected chi connectivity index (χ3v) is 8.74. The average molecular weight is 428 g/mol. The standard InChI is InChI=1S/C23H29N3O3S/c1-6-23(15-8-7-9-16(10-15)30(28,29)14(2)3)17-13-24-26-21(17)25-18-11-22(4,5)12-19(27)20(18)23/h7-10,13-14,21,25H,6,11-12H2,1-5H3/t21?,23-/m0/s1. The van der Waals surface area contributed by atoms with Crippen LogP contribution in [0.5, 0.6) is 0 Å². The second-order valence-corrected chi connectivity index (χ2v) is 12.0. The molecule has 6 nitrogen and oxygen atoms in total.